The minimum atomic E-state index is -0.436. The van der Waals surface area contributed by atoms with Crippen molar-refractivity contribution < 1.29 is 19.1 Å². The molecule has 6 nitrogen and oxygen atoms in total. The van der Waals surface area contributed by atoms with Gasteiger partial charge in [0, 0.05) is 11.1 Å². The van der Waals surface area contributed by atoms with Crippen molar-refractivity contribution in [2.24, 2.45) is 0 Å². The number of thioether (sulfide) groups is 1. The monoisotopic (exact) mass is 428 g/mol. The summed E-state index contributed by atoms with van der Waals surface area (Å²) in [6.07, 6.45) is 1.72. The Morgan fingerprint density at radius 1 is 1.17 bits per heavy atom. The Labute approximate surface area is 178 Å². The molecule has 0 unspecified atom stereocenters. The van der Waals surface area contributed by atoms with Crippen LogP contribution in [0.1, 0.15) is 29.8 Å². The molecule has 1 aliphatic rings. The molecular formula is C21H20N2O4S2. The van der Waals surface area contributed by atoms with Crippen molar-refractivity contribution >= 4 is 46.2 Å². The maximum Gasteiger partial charge on any atom is 0.285 e. The van der Waals surface area contributed by atoms with E-state index in [1.165, 1.54) is 0 Å². The molecule has 0 atom stereocenters. The molecule has 0 spiro atoms. The molecule has 0 aliphatic carbocycles. The number of hydrogen-bond donors (Lipinski definition) is 1. The lowest BCUT2D eigenvalue weighted by molar-refractivity contribution is -0.123. The SMILES string of the molecule is COc1ccc(C(=O)NN2C(=O)/C(=C/c3ccccc3OC(C)C)SC2=S)cc1. The third-order valence-electron chi connectivity index (χ3n) is 3.93. The normalized spacial score (nSPS) is 15.2. The van der Waals surface area contributed by atoms with Gasteiger partial charge in [-0.3, -0.25) is 15.0 Å². The Hall–Kier alpha value is -2.84. The fourth-order valence-corrected chi connectivity index (χ4v) is 3.75. The quantitative estimate of drug-likeness (QED) is 0.554. The molecule has 8 heteroatoms. The molecule has 1 heterocycles. The summed E-state index contributed by atoms with van der Waals surface area (Å²) in [4.78, 5) is 25.7. The second kappa shape index (κ2) is 9.11. The number of carbonyl (C=O) groups excluding carboxylic acids is 2. The largest absolute Gasteiger partial charge is 0.497 e. The standard InChI is InChI=1S/C21H20N2O4S2/c1-13(2)27-17-7-5-4-6-15(17)12-18-20(25)23(21(28)29-18)22-19(24)14-8-10-16(26-3)11-9-14/h4-13H,1-3H3,(H,22,24)/b18-12-. The van der Waals surface area contributed by atoms with Crippen LogP contribution in [0.4, 0.5) is 0 Å². The maximum atomic E-state index is 12.8. The number of hydrazine groups is 1. The number of carbonyl (C=O) groups is 2. The topological polar surface area (TPSA) is 67.9 Å². The summed E-state index contributed by atoms with van der Waals surface area (Å²) in [6, 6.07) is 14.0. The number of para-hydroxylation sites is 1. The fraction of sp³-hybridized carbons (Fsp3) is 0.190. The van der Waals surface area contributed by atoms with Crippen molar-refractivity contribution in [3.63, 3.8) is 0 Å². The molecule has 1 N–H and O–H groups in total. The second-order valence-corrected chi connectivity index (χ2v) is 8.07. The lowest BCUT2D eigenvalue weighted by atomic mass is 10.2. The van der Waals surface area contributed by atoms with E-state index in [0.717, 1.165) is 22.3 Å². The molecule has 0 aromatic heterocycles. The molecule has 1 fully saturated rings. The van der Waals surface area contributed by atoms with E-state index in [0.29, 0.717) is 22.0 Å². The van der Waals surface area contributed by atoms with E-state index in [1.54, 1.807) is 37.5 Å². The summed E-state index contributed by atoms with van der Waals surface area (Å²) in [7, 11) is 1.55. The van der Waals surface area contributed by atoms with E-state index in [2.05, 4.69) is 5.43 Å². The fourth-order valence-electron chi connectivity index (χ4n) is 2.57. The Morgan fingerprint density at radius 2 is 1.86 bits per heavy atom. The zero-order chi connectivity index (χ0) is 21.0. The highest BCUT2D eigenvalue weighted by Crippen LogP contribution is 2.33. The van der Waals surface area contributed by atoms with E-state index in [1.807, 2.05) is 38.1 Å². The molecule has 0 saturated carbocycles. The highest BCUT2D eigenvalue weighted by molar-refractivity contribution is 8.26. The minimum absolute atomic E-state index is 0.00263. The summed E-state index contributed by atoms with van der Waals surface area (Å²) in [6.45, 7) is 3.87. The molecule has 1 aliphatic heterocycles. The summed E-state index contributed by atoms with van der Waals surface area (Å²) >= 11 is 6.41. The Morgan fingerprint density at radius 3 is 2.52 bits per heavy atom. The number of ether oxygens (including phenoxy) is 2. The number of hydrogen-bond acceptors (Lipinski definition) is 6. The highest BCUT2D eigenvalue weighted by atomic mass is 32.2. The van der Waals surface area contributed by atoms with E-state index < -0.39 is 5.91 Å². The predicted octanol–water partition coefficient (Wildman–Crippen LogP) is 4.03. The van der Waals surface area contributed by atoms with Crippen LogP contribution in [-0.4, -0.2) is 34.4 Å². The van der Waals surface area contributed by atoms with Crippen LogP contribution >= 0.6 is 24.0 Å². The van der Waals surface area contributed by atoms with E-state index in [9.17, 15) is 9.59 Å². The molecule has 3 rings (SSSR count). The summed E-state index contributed by atoms with van der Waals surface area (Å²) in [5.41, 5.74) is 3.72. The first-order chi connectivity index (χ1) is 13.9. The Balaban J connectivity index is 1.77. The third kappa shape index (κ3) is 4.96. The molecule has 2 amide bonds. The van der Waals surface area contributed by atoms with Crippen LogP contribution in [-0.2, 0) is 4.79 Å². The van der Waals surface area contributed by atoms with Gasteiger partial charge in [-0.2, -0.15) is 5.01 Å². The number of nitrogens with zero attached hydrogens (tertiary/aromatic N) is 1. The van der Waals surface area contributed by atoms with Gasteiger partial charge in [0.1, 0.15) is 11.5 Å². The van der Waals surface area contributed by atoms with Crippen LogP contribution in [0.5, 0.6) is 11.5 Å². The first-order valence-corrected chi connectivity index (χ1v) is 10.1. The van der Waals surface area contributed by atoms with Gasteiger partial charge in [-0.25, -0.2) is 0 Å². The second-order valence-electron chi connectivity index (χ2n) is 6.39. The molecule has 150 valence electrons. The number of nitrogens with one attached hydrogen (secondary N) is 1. The third-order valence-corrected chi connectivity index (χ3v) is 5.23. The van der Waals surface area contributed by atoms with Crippen molar-refractivity contribution in [3.05, 3.63) is 64.6 Å². The van der Waals surface area contributed by atoms with Gasteiger partial charge in [-0.05, 0) is 62.5 Å². The number of methoxy groups -OCH3 is 1. The first kappa shape index (κ1) is 20.9. The van der Waals surface area contributed by atoms with Gasteiger partial charge in [-0.15, -0.1) is 0 Å². The highest BCUT2D eigenvalue weighted by Gasteiger charge is 2.34. The molecular weight excluding hydrogens is 408 g/mol. The Kier molecular flexibility index (Phi) is 6.56. The molecule has 2 aromatic rings. The van der Waals surface area contributed by atoms with E-state index in [-0.39, 0.29) is 16.3 Å². The summed E-state index contributed by atoms with van der Waals surface area (Å²) in [5.74, 6) is 0.488. The summed E-state index contributed by atoms with van der Waals surface area (Å²) < 4.78 is 11.1. The molecule has 29 heavy (non-hydrogen) atoms. The van der Waals surface area contributed by atoms with Gasteiger partial charge in [0.15, 0.2) is 4.32 Å². The molecule has 0 bridgehead atoms. The Bertz CT molecular complexity index is 971. The zero-order valence-corrected chi connectivity index (χ0v) is 17.8. The van der Waals surface area contributed by atoms with Crippen molar-refractivity contribution in [3.8, 4) is 11.5 Å². The number of thiocarbonyl (C=S) groups is 1. The van der Waals surface area contributed by atoms with Crippen LogP contribution in [0.3, 0.4) is 0 Å². The van der Waals surface area contributed by atoms with Gasteiger partial charge in [0.25, 0.3) is 11.8 Å². The smallest absolute Gasteiger partial charge is 0.285 e. The van der Waals surface area contributed by atoms with Gasteiger partial charge >= 0.3 is 0 Å². The average Bonchev–Trinajstić information content (AvgIpc) is 2.96. The first-order valence-electron chi connectivity index (χ1n) is 8.87. The van der Waals surface area contributed by atoms with Gasteiger partial charge < -0.3 is 9.47 Å². The van der Waals surface area contributed by atoms with Crippen LogP contribution < -0.4 is 14.9 Å². The molecule has 0 radical (unpaired) electrons. The number of rotatable bonds is 6. The molecule has 1 saturated heterocycles. The van der Waals surface area contributed by atoms with E-state index in [4.69, 9.17) is 21.7 Å². The zero-order valence-electron chi connectivity index (χ0n) is 16.2. The van der Waals surface area contributed by atoms with Crippen molar-refractivity contribution in [1.29, 1.82) is 0 Å². The van der Waals surface area contributed by atoms with Gasteiger partial charge in [0.2, 0.25) is 0 Å². The lowest BCUT2D eigenvalue weighted by Crippen LogP contribution is -2.44. The molecule has 2 aromatic carbocycles. The van der Waals surface area contributed by atoms with Crippen LogP contribution in [0, 0.1) is 0 Å². The van der Waals surface area contributed by atoms with Crippen molar-refractivity contribution in [2.75, 3.05) is 7.11 Å². The van der Waals surface area contributed by atoms with Gasteiger partial charge in [-0.1, -0.05) is 30.0 Å². The van der Waals surface area contributed by atoms with Crippen molar-refractivity contribution in [1.82, 2.24) is 10.4 Å². The van der Waals surface area contributed by atoms with Crippen LogP contribution in [0.15, 0.2) is 53.4 Å². The van der Waals surface area contributed by atoms with Crippen LogP contribution in [0.2, 0.25) is 0 Å². The predicted molar refractivity (Wildman–Crippen MR) is 118 cm³/mol. The number of benzene rings is 2. The number of amides is 2. The maximum absolute atomic E-state index is 12.8. The average molecular weight is 429 g/mol. The van der Waals surface area contributed by atoms with Crippen LogP contribution in [0.25, 0.3) is 6.08 Å². The van der Waals surface area contributed by atoms with Gasteiger partial charge in [0.05, 0.1) is 18.1 Å². The van der Waals surface area contributed by atoms with E-state index >= 15 is 0 Å². The minimum Gasteiger partial charge on any atom is -0.497 e. The lowest BCUT2D eigenvalue weighted by Gasteiger charge is -2.15. The summed E-state index contributed by atoms with van der Waals surface area (Å²) in [5, 5.41) is 1.09. The van der Waals surface area contributed by atoms with Crippen molar-refractivity contribution in [2.45, 2.75) is 20.0 Å².